The Morgan fingerprint density at radius 2 is 1.96 bits per heavy atom. The van der Waals surface area contributed by atoms with E-state index in [9.17, 15) is 32.7 Å². The van der Waals surface area contributed by atoms with Crippen molar-refractivity contribution in [1.82, 2.24) is 15.1 Å². The Hall–Kier alpha value is -3.74. The van der Waals surface area contributed by atoms with Crippen LogP contribution in [0.15, 0.2) is 48.5 Å². The maximum atomic E-state index is 14.5. The van der Waals surface area contributed by atoms with E-state index >= 15 is 0 Å². The van der Waals surface area contributed by atoms with Crippen molar-refractivity contribution in [2.75, 3.05) is 40.0 Å². The first-order valence-electron chi connectivity index (χ1n) is 15.6. The summed E-state index contributed by atoms with van der Waals surface area (Å²) in [7, 11) is 1.65. The fraction of sp³-hybridized carbons (Fsp3) is 0.500. The summed E-state index contributed by atoms with van der Waals surface area (Å²) in [6.45, 7) is 2.13. The van der Waals surface area contributed by atoms with Crippen molar-refractivity contribution >= 4 is 23.9 Å². The van der Waals surface area contributed by atoms with Crippen LogP contribution in [-0.4, -0.2) is 90.8 Å². The molecule has 2 saturated heterocycles. The second-order valence-corrected chi connectivity index (χ2v) is 12.8. The number of likely N-dealkylation sites (tertiary alicyclic amines) is 1. The lowest BCUT2D eigenvalue weighted by molar-refractivity contribution is -0.144. The van der Waals surface area contributed by atoms with E-state index in [0.717, 1.165) is 24.1 Å². The molecule has 3 heterocycles. The van der Waals surface area contributed by atoms with Gasteiger partial charge >= 0.3 is 12.1 Å². The van der Waals surface area contributed by atoms with Crippen LogP contribution >= 0.6 is 0 Å². The molecule has 46 heavy (non-hydrogen) atoms. The molecule has 4 aliphatic rings. The number of amides is 2. The second kappa shape index (κ2) is 12.8. The van der Waals surface area contributed by atoms with E-state index in [4.69, 9.17) is 9.47 Å². The first kappa shape index (κ1) is 32.2. The lowest BCUT2D eigenvalue weighted by Crippen LogP contribution is -2.52. The summed E-state index contributed by atoms with van der Waals surface area (Å²) in [5.74, 6) is -1.62. The van der Waals surface area contributed by atoms with Crippen LogP contribution in [0.2, 0.25) is 0 Å². The largest absolute Gasteiger partial charge is 0.478 e. The van der Waals surface area contributed by atoms with Crippen molar-refractivity contribution in [3.63, 3.8) is 0 Å². The molecule has 0 bridgehead atoms. The summed E-state index contributed by atoms with van der Waals surface area (Å²) < 4.78 is 51.7. The summed E-state index contributed by atoms with van der Waals surface area (Å²) in [4.78, 5) is 42.6. The van der Waals surface area contributed by atoms with E-state index in [0.29, 0.717) is 56.7 Å². The second-order valence-electron chi connectivity index (χ2n) is 12.8. The number of nitrogens with one attached hydrogen (secondary N) is 1. The number of rotatable bonds is 7. The molecule has 1 aliphatic carbocycles. The van der Waals surface area contributed by atoms with Crippen LogP contribution in [0.3, 0.4) is 0 Å². The number of halogens is 3. The molecule has 2 amide bonds. The molecule has 3 fully saturated rings. The molecule has 5 atom stereocenters. The zero-order valence-corrected chi connectivity index (χ0v) is 25.6. The summed E-state index contributed by atoms with van der Waals surface area (Å²) in [5, 5.41) is 13.0. The molecule has 0 spiro atoms. The molecule has 9 nitrogen and oxygen atoms in total. The number of methoxy groups -OCH3 is 1. The van der Waals surface area contributed by atoms with Gasteiger partial charge in [-0.25, -0.2) is 4.79 Å². The van der Waals surface area contributed by atoms with Gasteiger partial charge in [0.2, 0.25) is 11.8 Å². The van der Waals surface area contributed by atoms with Crippen molar-refractivity contribution in [2.45, 2.75) is 56.6 Å². The van der Waals surface area contributed by atoms with E-state index in [2.05, 4.69) is 5.32 Å². The Labute approximate surface area is 265 Å². The van der Waals surface area contributed by atoms with Crippen molar-refractivity contribution in [1.29, 1.82) is 0 Å². The zero-order valence-electron chi connectivity index (χ0n) is 25.6. The van der Waals surface area contributed by atoms with Crippen molar-refractivity contribution < 1.29 is 42.1 Å². The highest BCUT2D eigenvalue weighted by atomic mass is 19.4. The molecular formula is C34H38F3N3O6. The van der Waals surface area contributed by atoms with Gasteiger partial charge in [-0.1, -0.05) is 18.2 Å². The summed E-state index contributed by atoms with van der Waals surface area (Å²) in [6, 6.07) is 10.1. The topological polar surface area (TPSA) is 108 Å². The van der Waals surface area contributed by atoms with Crippen LogP contribution in [0.5, 0.6) is 0 Å². The fourth-order valence-corrected chi connectivity index (χ4v) is 7.70. The third-order valence-electron chi connectivity index (χ3n) is 10.1. The van der Waals surface area contributed by atoms with Gasteiger partial charge in [0.05, 0.1) is 29.3 Å². The number of benzene rings is 2. The van der Waals surface area contributed by atoms with E-state index in [1.165, 1.54) is 24.3 Å². The number of aromatic carboxylic acids is 1. The minimum atomic E-state index is -4.48. The van der Waals surface area contributed by atoms with Gasteiger partial charge in [0.1, 0.15) is 0 Å². The van der Waals surface area contributed by atoms with Gasteiger partial charge in [0.25, 0.3) is 0 Å². The van der Waals surface area contributed by atoms with Crippen LogP contribution < -0.4 is 5.32 Å². The van der Waals surface area contributed by atoms with Gasteiger partial charge in [0.15, 0.2) is 0 Å². The van der Waals surface area contributed by atoms with Gasteiger partial charge < -0.3 is 29.7 Å². The van der Waals surface area contributed by atoms with E-state index in [-0.39, 0.29) is 54.6 Å². The third-order valence-corrected chi connectivity index (χ3v) is 10.1. The van der Waals surface area contributed by atoms with Gasteiger partial charge in [-0.05, 0) is 78.6 Å². The Morgan fingerprint density at radius 3 is 2.72 bits per heavy atom. The molecule has 2 N–H and O–H groups in total. The number of fused-ring (bicyclic) bond motifs is 2. The first-order valence-corrected chi connectivity index (χ1v) is 15.6. The number of nitrogens with zero attached hydrogens (tertiary/aromatic N) is 2. The van der Waals surface area contributed by atoms with Crippen LogP contribution in [0.25, 0.3) is 6.08 Å². The lowest BCUT2D eigenvalue weighted by Gasteiger charge is -2.38. The molecule has 0 radical (unpaired) electrons. The Bertz CT molecular complexity index is 1530. The normalized spacial score (nSPS) is 27.9. The van der Waals surface area contributed by atoms with E-state index < -0.39 is 23.1 Å². The van der Waals surface area contributed by atoms with Crippen LogP contribution in [-0.2, 0) is 38.2 Å². The van der Waals surface area contributed by atoms with E-state index in [1.54, 1.807) is 35.1 Å². The Balaban J connectivity index is 1.23. The summed E-state index contributed by atoms with van der Waals surface area (Å²) in [6.07, 6.45) is 0.748. The van der Waals surface area contributed by atoms with E-state index in [1.807, 2.05) is 0 Å². The Kier molecular flexibility index (Phi) is 8.97. The molecule has 2 aromatic rings. The molecular weight excluding hydrogens is 603 g/mol. The summed E-state index contributed by atoms with van der Waals surface area (Å²) in [5.41, 5.74) is 0.359. The van der Waals surface area contributed by atoms with Gasteiger partial charge in [-0.3, -0.25) is 9.59 Å². The molecule has 0 aromatic heterocycles. The number of carboxylic acid groups (broad SMARTS) is 1. The van der Waals surface area contributed by atoms with Crippen LogP contribution in [0.1, 0.15) is 51.9 Å². The molecule has 6 rings (SSSR count). The molecule has 12 heteroatoms. The number of carboxylic acids is 1. The highest BCUT2D eigenvalue weighted by Crippen LogP contribution is 2.51. The lowest BCUT2D eigenvalue weighted by atomic mass is 9.78. The van der Waals surface area contributed by atoms with Crippen molar-refractivity contribution in [3.8, 4) is 0 Å². The standard InChI is InChI=1S/C34H38F3N3O6/c1-45-29-19-46-12-10-28(29)38-27-15-26-18-40(30(41)8-5-21-3-2-4-23(13-21)31(42)43)20-33(26,16-27)32(44)39-11-9-22-6-7-25(34(35,36)37)14-24(22)17-39/h2-8,13-14,26-29,38H,9-12,15-20H2,1H3,(H,42,43). The highest BCUT2D eigenvalue weighted by Gasteiger charge is 2.59. The molecule has 5 unspecified atom stereocenters. The van der Waals surface area contributed by atoms with Gasteiger partial charge in [-0.15, -0.1) is 0 Å². The first-order chi connectivity index (χ1) is 22.0. The minimum Gasteiger partial charge on any atom is -0.478 e. The molecule has 1 saturated carbocycles. The minimum absolute atomic E-state index is 0.00448. The zero-order chi connectivity index (χ0) is 32.6. The number of ether oxygens (including phenoxy) is 2. The number of carbonyl (C=O) groups is 3. The molecule has 2 aromatic carbocycles. The molecule has 3 aliphatic heterocycles. The Morgan fingerprint density at radius 1 is 1.13 bits per heavy atom. The number of hydrogen-bond donors (Lipinski definition) is 2. The monoisotopic (exact) mass is 641 g/mol. The predicted octanol–water partition coefficient (Wildman–Crippen LogP) is 4.00. The van der Waals surface area contributed by atoms with Gasteiger partial charge in [0, 0.05) is 58.1 Å². The maximum Gasteiger partial charge on any atom is 0.416 e. The fourth-order valence-electron chi connectivity index (χ4n) is 7.70. The molecule has 246 valence electrons. The number of hydrogen-bond acceptors (Lipinski definition) is 6. The quantitative estimate of drug-likeness (QED) is 0.440. The average Bonchev–Trinajstić information content (AvgIpc) is 3.57. The predicted molar refractivity (Wildman–Crippen MR) is 162 cm³/mol. The van der Waals surface area contributed by atoms with Crippen molar-refractivity contribution in [3.05, 3.63) is 76.4 Å². The average molecular weight is 642 g/mol. The van der Waals surface area contributed by atoms with Crippen LogP contribution in [0, 0.1) is 11.3 Å². The van der Waals surface area contributed by atoms with Crippen LogP contribution in [0.4, 0.5) is 13.2 Å². The van der Waals surface area contributed by atoms with Crippen molar-refractivity contribution in [2.24, 2.45) is 11.3 Å². The smallest absolute Gasteiger partial charge is 0.416 e. The number of carbonyl (C=O) groups excluding carboxylic acids is 2. The summed E-state index contributed by atoms with van der Waals surface area (Å²) >= 11 is 0. The highest BCUT2D eigenvalue weighted by molar-refractivity contribution is 5.94. The third kappa shape index (κ3) is 6.43. The van der Waals surface area contributed by atoms with Gasteiger partial charge in [-0.2, -0.15) is 13.2 Å². The maximum absolute atomic E-state index is 14.5. The SMILES string of the molecule is COC1COCCC1NC1CC2CN(C(=O)C=Cc3cccc(C(=O)O)c3)CC2(C(=O)N2CCc3ccc(C(F)(F)F)cc3C2)C1. The number of alkyl halides is 3.